The molecule has 0 bridgehead atoms. The summed E-state index contributed by atoms with van der Waals surface area (Å²) in [5, 5.41) is 18.6. The first-order valence-electron chi connectivity index (χ1n) is 18.6. The number of nitrogens with one attached hydrogen (secondary N) is 1. The third-order valence-corrected chi connectivity index (χ3v) is 10.9. The molecular formula is C45H40BrN7O3. The van der Waals surface area contributed by atoms with Gasteiger partial charge in [-0.3, -0.25) is 0 Å². The van der Waals surface area contributed by atoms with Crippen LogP contribution in [0.15, 0.2) is 142 Å². The van der Waals surface area contributed by atoms with E-state index in [-0.39, 0.29) is 0 Å². The zero-order chi connectivity index (χ0) is 38.6. The van der Waals surface area contributed by atoms with Crippen molar-refractivity contribution in [3.63, 3.8) is 0 Å². The van der Waals surface area contributed by atoms with E-state index in [1.165, 1.54) is 7.11 Å². The molecule has 0 aliphatic rings. The summed E-state index contributed by atoms with van der Waals surface area (Å²) in [5.74, 6) is 1.99. The van der Waals surface area contributed by atoms with Crippen LogP contribution in [-0.2, 0) is 23.2 Å². The van der Waals surface area contributed by atoms with Gasteiger partial charge in [-0.2, -0.15) is 0 Å². The maximum absolute atomic E-state index is 13.0. The van der Waals surface area contributed by atoms with Crippen LogP contribution in [0, 0.1) is 0 Å². The van der Waals surface area contributed by atoms with Crippen molar-refractivity contribution in [3.8, 4) is 22.7 Å². The molecule has 0 aliphatic heterocycles. The summed E-state index contributed by atoms with van der Waals surface area (Å²) in [6.45, 7) is 2.57. The van der Waals surface area contributed by atoms with Gasteiger partial charge in [-0.1, -0.05) is 135 Å². The molecule has 0 amide bonds. The number of unbranched alkanes of at least 4 members (excludes halogenated alkanes) is 1. The summed E-state index contributed by atoms with van der Waals surface area (Å²) in [5.41, 5.74) is 5.75. The second kappa shape index (κ2) is 15.8. The number of tetrazole rings is 1. The lowest BCUT2D eigenvalue weighted by atomic mass is 9.77. The van der Waals surface area contributed by atoms with Crippen LogP contribution >= 0.6 is 15.9 Å². The molecular weight excluding hydrogens is 766 g/mol. The largest absolute Gasteiger partial charge is 0.464 e. The van der Waals surface area contributed by atoms with E-state index < -0.39 is 11.5 Å². The number of esters is 1. The van der Waals surface area contributed by atoms with Crippen molar-refractivity contribution in [2.24, 2.45) is 0 Å². The van der Waals surface area contributed by atoms with E-state index >= 15 is 0 Å². The lowest BCUT2D eigenvalue weighted by Gasteiger charge is -2.34. The maximum Gasteiger partial charge on any atom is 0.358 e. The molecule has 5 aromatic carbocycles. The van der Waals surface area contributed by atoms with Crippen LogP contribution in [-0.4, -0.2) is 49.9 Å². The third kappa shape index (κ3) is 6.47. The highest BCUT2D eigenvalue weighted by Crippen LogP contribution is 2.43. The summed E-state index contributed by atoms with van der Waals surface area (Å²) < 4.78 is 14.5. The molecule has 0 aliphatic carbocycles. The average molecular weight is 807 g/mol. The van der Waals surface area contributed by atoms with Crippen molar-refractivity contribution in [2.45, 2.75) is 38.3 Å². The van der Waals surface area contributed by atoms with Gasteiger partial charge in [0.25, 0.3) is 0 Å². The molecule has 0 spiro atoms. The van der Waals surface area contributed by atoms with Crippen LogP contribution in [0.5, 0.6) is 0 Å². The van der Waals surface area contributed by atoms with Crippen LogP contribution in [0.1, 0.15) is 58.3 Å². The Bertz CT molecular complexity index is 2520. The molecule has 56 heavy (non-hydrogen) atoms. The number of imidazole rings is 1. The Morgan fingerprint density at radius 3 is 2.04 bits per heavy atom. The Morgan fingerprint density at radius 2 is 1.45 bits per heavy atom. The zero-order valence-corrected chi connectivity index (χ0v) is 32.9. The molecule has 0 saturated heterocycles. The third-order valence-electron chi connectivity index (χ3n) is 10.1. The summed E-state index contributed by atoms with van der Waals surface area (Å²) in [6, 6.07) is 44.8. The van der Waals surface area contributed by atoms with Crippen molar-refractivity contribution in [2.75, 3.05) is 19.5 Å². The molecule has 0 saturated carbocycles. The van der Waals surface area contributed by atoms with Crippen LogP contribution in [0.3, 0.4) is 0 Å². The number of rotatable bonds is 13. The molecule has 0 atom stereocenters. The minimum atomic E-state index is -0.909. The van der Waals surface area contributed by atoms with E-state index in [1.807, 2.05) is 95.6 Å². The number of hydrogen-bond donors (Lipinski definition) is 1. The number of benzene rings is 5. The number of halogens is 1. The Kier molecular flexibility index (Phi) is 10.3. The van der Waals surface area contributed by atoms with Crippen molar-refractivity contribution < 1.29 is 13.9 Å². The smallest absolute Gasteiger partial charge is 0.358 e. The van der Waals surface area contributed by atoms with E-state index in [4.69, 9.17) is 29.5 Å². The SMILES string of the molecule is CCCCc1nc(NC)c(C(=O)OC)n1Cc1ccc2oc(-c3ccccc3-c3nnn(C(c4ccccc4)(c4ccccc4)c4ccccc4)n3)c(Br)c2c1. The zero-order valence-electron chi connectivity index (χ0n) is 31.3. The fourth-order valence-corrected chi connectivity index (χ4v) is 8.07. The molecule has 11 heteroatoms. The summed E-state index contributed by atoms with van der Waals surface area (Å²) in [7, 11) is 3.15. The number of fused-ring (bicyclic) bond motifs is 1. The number of carbonyl (C=O) groups excluding carboxylic acids is 1. The minimum absolute atomic E-state index is 0.401. The van der Waals surface area contributed by atoms with Crippen molar-refractivity contribution >= 4 is 38.7 Å². The molecule has 0 radical (unpaired) electrons. The van der Waals surface area contributed by atoms with E-state index in [2.05, 4.69) is 70.6 Å². The van der Waals surface area contributed by atoms with E-state index in [0.717, 1.165) is 68.3 Å². The molecule has 280 valence electrons. The second-order valence-electron chi connectivity index (χ2n) is 13.5. The van der Waals surface area contributed by atoms with Gasteiger partial charge in [0.1, 0.15) is 17.2 Å². The lowest BCUT2D eigenvalue weighted by molar-refractivity contribution is 0.0589. The summed E-state index contributed by atoms with van der Waals surface area (Å²) >= 11 is 3.90. The fraction of sp³-hybridized carbons (Fsp3) is 0.178. The van der Waals surface area contributed by atoms with Gasteiger partial charge >= 0.3 is 5.97 Å². The van der Waals surface area contributed by atoms with Gasteiger partial charge in [-0.25, -0.2) is 9.78 Å². The van der Waals surface area contributed by atoms with Crippen LogP contribution in [0.25, 0.3) is 33.7 Å². The van der Waals surface area contributed by atoms with Crippen LogP contribution < -0.4 is 5.32 Å². The number of aromatic nitrogens is 6. The van der Waals surface area contributed by atoms with E-state index in [1.54, 1.807) is 11.8 Å². The highest BCUT2D eigenvalue weighted by atomic mass is 79.9. The molecule has 8 aromatic rings. The fourth-order valence-electron chi connectivity index (χ4n) is 7.47. The highest BCUT2D eigenvalue weighted by Gasteiger charge is 2.41. The first-order chi connectivity index (χ1) is 27.5. The quantitative estimate of drug-likeness (QED) is 0.0906. The number of anilines is 1. The van der Waals surface area contributed by atoms with Gasteiger partial charge < -0.3 is 19.0 Å². The van der Waals surface area contributed by atoms with Crippen molar-refractivity contribution in [1.82, 2.24) is 29.8 Å². The molecule has 1 N–H and O–H groups in total. The van der Waals surface area contributed by atoms with E-state index in [9.17, 15) is 4.79 Å². The Balaban J connectivity index is 1.22. The van der Waals surface area contributed by atoms with Crippen LogP contribution in [0.4, 0.5) is 5.82 Å². The normalized spacial score (nSPS) is 11.6. The number of aryl methyl sites for hydroxylation is 1. The molecule has 3 aromatic heterocycles. The first kappa shape index (κ1) is 36.6. The van der Waals surface area contributed by atoms with Gasteiger partial charge in [-0.05, 0) is 62.0 Å². The van der Waals surface area contributed by atoms with Gasteiger partial charge in [0.15, 0.2) is 17.1 Å². The maximum atomic E-state index is 13.0. The van der Waals surface area contributed by atoms with Crippen molar-refractivity contribution in [3.05, 3.63) is 172 Å². The number of methoxy groups -OCH3 is 1. The summed E-state index contributed by atoms with van der Waals surface area (Å²) in [4.78, 5) is 19.5. The molecule has 0 fully saturated rings. The standard InChI is InChI=1S/C45H40BrN7O3/c1-4-5-25-38-48-43(47-2)40(44(54)55-3)52(38)29-30-26-27-37-36(28-30)39(46)41(56-37)34-23-15-16-24-35(34)42-49-51-53(50-42)45(31-17-9-6-10-18-31,32-19-11-7-12-20-32)33-21-13-8-14-22-33/h6-24,26-28,47H,4-5,25,29H2,1-3H3. The predicted molar refractivity (Wildman–Crippen MR) is 222 cm³/mol. The predicted octanol–water partition coefficient (Wildman–Crippen LogP) is 9.77. The monoisotopic (exact) mass is 805 g/mol. The molecule has 0 unspecified atom stereocenters. The first-order valence-corrected chi connectivity index (χ1v) is 19.4. The Morgan fingerprint density at radius 1 is 0.839 bits per heavy atom. The Labute approximate surface area is 333 Å². The van der Waals surface area contributed by atoms with Gasteiger partial charge in [0.05, 0.1) is 11.6 Å². The second-order valence-corrected chi connectivity index (χ2v) is 14.3. The lowest BCUT2D eigenvalue weighted by Crippen LogP contribution is -2.39. The number of carbonyl (C=O) groups is 1. The average Bonchev–Trinajstić information content (AvgIpc) is 3.97. The molecule has 8 rings (SSSR count). The number of furan rings is 1. The van der Waals surface area contributed by atoms with Crippen molar-refractivity contribution in [1.29, 1.82) is 0 Å². The number of nitrogens with zero attached hydrogens (tertiary/aromatic N) is 6. The van der Waals surface area contributed by atoms with Crippen LogP contribution in [0.2, 0.25) is 0 Å². The van der Waals surface area contributed by atoms with Gasteiger partial charge in [-0.15, -0.1) is 15.0 Å². The Hall–Kier alpha value is -6.33. The number of ether oxygens (including phenoxy) is 1. The topological polar surface area (TPSA) is 113 Å². The molecule has 10 nitrogen and oxygen atoms in total. The highest BCUT2D eigenvalue weighted by molar-refractivity contribution is 9.10. The molecule has 3 heterocycles. The number of hydrogen-bond acceptors (Lipinski definition) is 8. The summed E-state index contributed by atoms with van der Waals surface area (Å²) in [6.07, 6.45) is 2.69. The minimum Gasteiger partial charge on any atom is -0.464 e. The van der Waals surface area contributed by atoms with Gasteiger partial charge in [0.2, 0.25) is 5.82 Å². The van der Waals surface area contributed by atoms with Gasteiger partial charge in [0, 0.05) is 36.5 Å². The van der Waals surface area contributed by atoms with E-state index in [0.29, 0.717) is 35.2 Å².